The lowest BCUT2D eigenvalue weighted by atomic mass is 9.98. The van der Waals surface area contributed by atoms with E-state index in [9.17, 15) is 4.79 Å². The van der Waals surface area contributed by atoms with E-state index in [1.807, 2.05) is 6.92 Å². The zero-order chi connectivity index (χ0) is 12.0. The SMILES string of the molecule is CCC(C)C(N)C(=O)NCC1CCOCC1.Cl. The van der Waals surface area contributed by atoms with Crippen molar-refractivity contribution in [1.29, 1.82) is 0 Å². The van der Waals surface area contributed by atoms with Crippen LogP contribution in [0.2, 0.25) is 0 Å². The maximum Gasteiger partial charge on any atom is 0.237 e. The molecule has 1 amide bonds. The Morgan fingerprint density at radius 2 is 2.06 bits per heavy atom. The number of hydrogen-bond donors (Lipinski definition) is 2. The molecule has 1 aliphatic heterocycles. The molecule has 0 aromatic heterocycles. The van der Waals surface area contributed by atoms with Crippen LogP contribution in [0, 0.1) is 11.8 Å². The zero-order valence-electron chi connectivity index (χ0n) is 10.8. The number of carbonyl (C=O) groups excluding carboxylic acids is 1. The Kier molecular flexibility index (Phi) is 8.56. The second kappa shape index (κ2) is 8.72. The highest BCUT2D eigenvalue weighted by Gasteiger charge is 2.21. The fourth-order valence-corrected chi connectivity index (χ4v) is 1.83. The van der Waals surface area contributed by atoms with Crippen LogP contribution in [0.1, 0.15) is 33.1 Å². The second-order valence-corrected chi connectivity index (χ2v) is 4.71. The first-order chi connectivity index (χ1) is 7.65. The van der Waals surface area contributed by atoms with Crippen molar-refractivity contribution < 1.29 is 9.53 Å². The lowest BCUT2D eigenvalue weighted by molar-refractivity contribution is -0.123. The summed E-state index contributed by atoms with van der Waals surface area (Å²) in [5.74, 6) is 0.789. The number of nitrogens with two attached hydrogens (primary N) is 1. The summed E-state index contributed by atoms with van der Waals surface area (Å²) in [5.41, 5.74) is 5.85. The Balaban J connectivity index is 0.00000256. The van der Waals surface area contributed by atoms with Gasteiger partial charge < -0.3 is 15.8 Å². The van der Waals surface area contributed by atoms with E-state index in [4.69, 9.17) is 10.5 Å². The molecular weight excluding hydrogens is 240 g/mol. The van der Waals surface area contributed by atoms with Gasteiger partial charge in [0.05, 0.1) is 6.04 Å². The zero-order valence-corrected chi connectivity index (χ0v) is 11.6. The van der Waals surface area contributed by atoms with Crippen molar-refractivity contribution in [3.05, 3.63) is 0 Å². The molecule has 5 heteroatoms. The number of amides is 1. The summed E-state index contributed by atoms with van der Waals surface area (Å²) in [4.78, 5) is 11.7. The Bertz CT molecular complexity index is 221. The van der Waals surface area contributed by atoms with Crippen LogP contribution in [0.5, 0.6) is 0 Å². The minimum Gasteiger partial charge on any atom is -0.381 e. The van der Waals surface area contributed by atoms with Gasteiger partial charge in [-0.3, -0.25) is 4.79 Å². The van der Waals surface area contributed by atoms with E-state index >= 15 is 0 Å². The molecule has 0 aliphatic carbocycles. The van der Waals surface area contributed by atoms with E-state index in [-0.39, 0.29) is 30.3 Å². The minimum atomic E-state index is -0.371. The molecule has 0 aromatic carbocycles. The maximum absolute atomic E-state index is 11.7. The van der Waals surface area contributed by atoms with Gasteiger partial charge in [-0.1, -0.05) is 20.3 Å². The van der Waals surface area contributed by atoms with Gasteiger partial charge in [-0.15, -0.1) is 12.4 Å². The van der Waals surface area contributed by atoms with Crippen LogP contribution < -0.4 is 11.1 Å². The van der Waals surface area contributed by atoms with Crippen LogP contribution in [-0.2, 0) is 9.53 Å². The fraction of sp³-hybridized carbons (Fsp3) is 0.917. The van der Waals surface area contributed by atoms with Crippen LogP contribution in [0.4, 0.5) is 0 Å². The highest BCUT2D eigenvalue weighted by molar-refractivity contribution is 5.85. The van der Waals surface area contributed by atoms with E-state index in [0.717, 1.165) is 39.0 Å². The molecule has 0 spiro atoms. The van der Waals surface area contributed by atoms with E-state index in [2.05, 4.69) is 12.2 Å². The summed E-state index contributed by atoms with van der Waals surface area (Å²) >= 11 is 0. The minimum absolute atomic E-state index is 0. The largest absolute Gasteiger partial charge is 0.381 e. The van der Waals surface area contributed by atoms with Crippen molar-refractivity contribution in [3.8, 4) is 0 Å². The molecule has 2 atom stereocenters. The standard InChI is InChI=1S/C12H24N2O2.ClH/c1-3-9(2)11(13)12(15)14-8-10-4-6-16-7-5-10;/h9-11H,3-8,13H2,1-2H3,(H,14,15);1H. The summed E-state index contributed by atoms with van der Waals surface area (Å²) in [6.45, 7) is 6.44. The molecule has 0 radical (unpaired) electrons. The third-order valence-corrected chi connectivity index (χ3v) is 3.47. The molecular formula is C12H25ClN2O2. The van der Waals surface area contributed by atoms with Gasteiger partial charge in [-0.05, 0) is 24.7 Å². The predicted molar refractivity (Wildman–Crippen MR) is 71.2 cm³/mol. The Hall–Kier alpha value is -0.320. The first kappa shape index (κ1) is 16.7. The summed E-state index contributed by atoms with van der Waals surface area (Å²) < 4.78 is 5.27. The number of hydrogen-bond acceptors (Lipinski definition) is 3. The van der Waals surface area contributed by atoms with Gasteiger partial charge in [0.1, 0.15) is 0 Å². The third-order valence-electron chi connectivity index (χ3n) is 3.47. The molecule has 4 nitrogen and oxygen atoms in total. The monoisotopic (exact) mass is 264 g/mol. The van der Waals surface area contributed by atoms with Crippen molar-refractivity contribution in [2.45, 2.75) is 39.2 Å². The lowest BCUT2D eigenvalue weighted by Gasteiger charge is -2.24. The third kappa shape index (κ3) is 5.70. The lowest BCUT2D eigenvalue weighted by Crippen LogP contribution is -2.46. The topological polar surface area (TPSA) is 64.4 Å². The molecule has 1 heterocycles. The van der Waals surface area contributed by atoms with Gasteiger partial charge in [-0.2, -0.15) is 0 Å². The number of rotatable bonds is 5. The Morgan fingerprint density at radius 3 is 2.59 bits per heavy atom. The first-order valence-electron chi connectivity index (χ1n) is 6.26. The van der Waals surface area contributed by atoms with E-state index < -0.39 is 0 Å². The molecule has 1 saturated heterocycles. The summed E-state index contributed by atoms with van der Waals surface area (Å²) in [6.07, 6.45) is 3.02. The van der Waals surface area contributed by atoms with Crippen molar-refractivity contribution in [2.24, 2.45) is 17.6 Å². The Morgan fingerprint density at radius 1 is 1.47 bits per heavy atom. The van der Waals surface area contributed by atoms with Crippen LogP contribution in [-0.4, -0.2) is 31.7 Å². The molecule has 1 fully saturated rings. The van der Waals surface area contributed by atoms with Crippen molar-refractivity contribution in [3.63, 3.8) is 0 Å². The summed E-state index contributed by atoms with van der Waals surface area (Å²) in [5, 5.41) is 2.95. The highest BCUT2D eigenvalue weighted by atomic mass is 35.5. The van der Waals surface area contributed by atoms with Gasteiger partial charge in [0.25, 0.3) is 0 Å². The van der Waals surface area contributed by atoms with Crippen LogP contribution in [0.15, 0.2) is 0 Å². The average Bonchev–Trinajstić information content (AvgIpc) is 2.35. The maximum atomic E-state index is 11.7. The second-order valence-electron chi connectivity index (χ2n) is 4.71. The molecule has 0 saturated carbocycles. The van der Waals surface area contributed by atoms with Gasteiger partial charge in [-0.25, -0.2) is 0 Å². The summed E-state index contributed by atoms with van der Waals surface area (Å²) in [7, 11) is 0. The molecule has 0 bridgehead atoms. The number of carbonyl (C=O) groups is 1. The Labute approximate surface area is 110 Å². The highest BCUT2D eigenvalue weighted by Crippen LogP contribution is 2.13. The number of nitrogens with one attached hydrogen (secondary N) is 1. The first-order valence-corrected chi connectivity index (χ1v) is 6.26. The van der Waals surface area contributed by atoms with Gasteiger partial charge in [0, 0.05) is 19.8 Å². The van der Waals surface area contributed by atoms with Gasteiger partial charge in [0.15, 0.2) is 0 Å². The van der Waals surface area contributed by atoms with Gasteiger partial charge in [0.2, 0.25) is 5.91 Å². The quantitative estimate of drug-likeness (QED) is 0.787. The van der Waals surface area contributed by atoms with Crippen LogP contribution in [0.25, 0.3) is 0 Å². The number of ether oxygens (including phenoxy) is 1. The molecule has 17 heavy (non-hydrogen) atoms. The fourth-order valence-electron chi connectivity index (χ4n) is 1.83. The van der Waals surface area contributed by atoms with E-state index in [1.165, 1.54) is 0 Å². The van der Waals surface area contributed by atoms with Gasteiger partial charge >= 0.3 is 0 Å². The average molecular weight is 265 g/mol. The predicted octanol–water partition coefficient (Wildman–Crippen LogP) is 1.32. The molecule has 2 unspecified atom stereocenters. The molecule has 0 aromatic rings. The van der Waals surface area contributed by atoms with Crippen molar-refractivity contribution >= 4 is 18.3 Å². The van der Waals surface area contributed by atoms with Crippen molar-refractivity contribution in [1.82, 2.24) is 5.32 Å². The van der Waals surface area contributed by atoms with E-state index in [1.54, 1.807) is 0 Å². The van der Waals surface area contributed by atoms with E-state index in [0.29, 0.717) is 5.92 Å². The van der Waals surface area contributed by atoms with Crippen LogP contribution in [0.3, 0.4) is 0 Å². The molecule has 102 valence electrons. The van der Waals surface area contributed by atoms with Crippen molar-refractivity contribution in [2.75, 3.05) is 19.8 Å². The molecule has 1 aliphatic rings. The normalized spacial score (nSPS) is 20.2. The molecule has 1 rings (SSSR count). The summed E-state index contributed by atoms with van der Waals surface area (Å²) in [6, 6.07) is -0.371. The number of halogens is 1. The van der Waals surface area contributed by atoms with Crippen LogP contribution >= 0.6 is 12.4 Å². The smallest absolute Gasteiger partial charge is 0.237 e. The molecule has 3 N–H and O–H groups in total.